The van der Waals surface area contributed by atoms with Crippen molar-refractivity contribution in [3.8, 4) is 46.5 Å². The van der Waals surface area contributed by atoms with E-state index in [0.717, 1.165) is 27.8 Å². The van der Waals surface area contributed by atoms with Crippen LogP contribution in [0.2, 0.25) is 0 Å². The zero-order valence-corrected chi connectivity index (χ0v) is 28.4. The first-order valence-corrected chi connectivity index (χ1v) is 17.8. The SMILES string of the molecule is C#C/C=C\C(=C/C)c1ccc(-c2nc(-c3ccccc3)nc(-c3ccc4sc5c(cc6c7ccccc7n7c8ccccc8c5c67)c4c3)n2)cc1. The van der Waals surface area contributed by atoms with Crippen molar-refractivity contribution in [2.75, 3.05) is 0 Å². The third kappa shape index (κ3) is 4.51. The van der Waals surface area contributed by atoms with Crippen LogP contribution in [0.25, 0.3) is 98.0 Å². The highest BCUT2D eigenvalue weighted by Crippen LogP contribution is 2.47. The standard InChI is InChI=1S/C46H28N4S/c1-3-5-13-28(4-2)29-20-22-31(23-21-29)45-47-44(30-14-7-6-8-15-30)48-46(49-45)32-24-25-40-35(26-32)37-27-36-33-16-9-11-18-38(33)50-39-19-12-10-17-34(39)41(42(36)50)43(37)51-40/h1,4-27H,2H3/b13-5-,28-4+. The number of para-hydroxylation sites is 2. The fraction of sp³-hybridized carbons (Fsp3) is 0.0217. The van der Waals surface area contributed by atoms with Gasteiger partial charge in [-0.2, -0.15) is 0 Å². The summed E-state index contributed by atoms with van der Waals surface area (Å²) in [5.74, 6) is 4.49. The van der Waals surface area contributed by atoms with Gasteiger partial charge in [-0.1, -0.05) is 103 Å². The molecule has 0 N–H and O–H groups in total. The summed E-state index contributed by atoms with van der Waals surface area (Å²) in [5, 5.41) is 7.63. The molecule has 0 amide bonds. The van der Waals surface area contributed by atoms with Crippen molar-refractivity contribution in [3.63, 3.8) is 0 Å². The van der Waals surface area contributed by atoms with Gasteiger partial charge in [0.1, 0.15) is 0 Å². The lowest BCUT2D eigenvalue weighted by Gasteiger charge is -2.09. The first-order chi connectivity index (χ1) is 25.2. The number of hydrogen-bond acceptors (Lipinski definition) is 4. The second-order valence-corrected chi connectivity index (χ2v) is 13.8. The van der Waals surface area contributed by atoms with Crippen molar-refractivity contribution in [2.45, 2.75) is 6.92 Å². The number of benzene rings is 6. The minimum Gasteiger partial charge on any atom is -0.308 e. The molecule has 4 heterocycles. The van der Waals surface area contributed by atoms with E-state index in [-0.39, 0.29) is 0 Å². The Bertz CT molecular complexity index is 3080. The summed E-state index contributed by atoms with van der Waals surface area (Å²) < 4.78 is 4.99. The molecule has 0 saturated heterocycles. The fourth-order valence-corrected chi connectivity index (χ4v) is 8.76. The van der Waals surface area contributed by atoms with Gasteiger partial charge in [-0.15, -0.1) is 17.8 Å². The largest absolute Gasteiger partial charge is 0.308 e. The Labute approximate surface area is 298 Å². The Hall–Kier alpha value is -6.61. The number of aromatic nitrogens is 4. The van der Waals surface area contributed by atoms with E-state index in [9.17, 15) is 0 Å². The molecule has 0 aliphatic rings. The van der Waals surface area contributed by atoms with Crippen LogP contribution in [0.3, 0.4) is 0 Å². The topological polar surface area (TPSA) is 43.1 Å². The van der Waals surface area contributed by atoms with Gasteiger partial charge in [-0.3, -0.25) is 0 Å². The van der Waals surface area contributed by atoms with Gasteiger partial charge in [-0.25, -0.2) is 15.0 Å². The second kappa shape index (κ2) is 11.5. The highest BCUT2D eigenvalue weighted by Gasteiger charge is 2.22. The van der Waals surface area contributed by atoms with E-state index in [4.69, 9.17) is 21.4 Å². The van der Waals surface area contributed by atoms with E-state index in [1.807, 2.05) is 54.7 Å². The monoisotopic (exact) mass is 668 g/mol. The molecule has 0 atom stereocenters. The average molecular weight is 669 g/mol. The molecule has 4 nitrogen and oxygen atoms in total. The van der Waals surface area contributed by atoms with Crippen LogP contribution in [0.1, 0.15) is 12.5 Å². The van der Waals surface area contributed by atoms with E-state index in [1.165, 1.54) is 58.3 Å². The van der Waals surface area contributed by atoms with Gasteiger partial charge in [0, 0.05) is 58.4 Å². The lowest BCUT2D eigenvalue weighted by atomic mass is 10.0. The molecule has 51 heavy (non-hydrogen) atoms. The Morgan fingerprint density at radius 3 is 1.98 bits per heavy atom. The van der Waals surface area contributed by atoms with E-state index in [0.29, 0.717) is 17.5 Å². The van der Waals surface area contributed by atoms with Gasteiger partial charge in [0.2, 0.25) is 0 Å². The van der Waals surface area contributed by atoms with E-state index >= 15 is 0 Å². The molecule has 0 fully saturated rings. The van der Waals surface area contributed by atoms with Crippen LogP contribution in [0, 0.1) is 12.3 Å². The Kier molecular flexibility index (Phi) is 6.60. The maximum atomic E-state index is 5.47. The van der Waals surface area contributed by atoms with Gasteiger partial charge >= 0.3 is 0 Å². The van der Waals surface area contributed by atoms with Crippen LogP contribution in [0.5, 0.6) is 0 Å². The first kappa shape index (κ1) is 29.3. The summed E-state index contributed by atoms with van der Waals surface area (Å²) in [6.45, 7) is 2.01. The van der Waals surface area contributed by atoms with Crippen molar-refractivity contribution in [1.82, 2.24) is 19.4 Å². The molecule has 10 rings (SSSR count). The van der Waals surface area contributed by atoms with E-state index in [1.54, 1.807) is 6.08 Å². The normalized spacial score (nSPS) is 12.4. The lowest BCUT2D eigenvalue weighted by molar-refractivity contribution is 1.07. The molecule has 5 heteroatoms. The molecule has 0 aliphatic heterocycles. The summed E-state index contributed by atoms with van der Waals surface area (Å²) in [6.07, 6.45) is 11.2. The number of thiophene rings is 1. The van der Waals surface area contributed by atoms with Crippen LogP contribution >= 0.6 is 11.3 Å². The Balaban J connectivity index is 1.18. The van der Waals surface area contributed by atoms with Crippen molar-refractivity contribution in [3.05, 3.63) is 151 Å². The third-order valence-corrected chi connectivity index (χ3v) is 11.1. The van der Waals surface area contributed by atoms with Crippen molar-refractivity contribution in [1.29, 1.82) is 0 Å². The maximum absolute atomic E-state index is 5.47. The molecular formula is C46H28N4S. The quantitative estimate of drug-likeness (QED) is 0.135. The molecule has 0 saturated carbocycles. The number of nitrogens with zero attached hydrogens (tertiary/aromatic N) is 4. The number of fused-ring (bicyclic) bond motifs is 10. The average Bonchev–Trinajstić information content (AvgIpc) is 3.85. The van der Waals surface area contributed by atoms with Crippen LogP contribution in [-0.2, 0) is 0 Å². The van der Waals surface area contributed by atoms with Crippen molar-refractivity contribution >= 4 is 75.2 Å². The lowest BCUT2D eigenvalue weighted by Crippen LogP contribution is -2.00. The number of hydrogen-bond donors (Lipinski definition) is 0. The molecule has 4 aromatic heterocycles. The minimum absolute atomic E-state index is 0.626. The molecule has 0 spiro atoms. The Morgan fingerprint density at radius 1 is 0.627 bits per heavy atom. The van der Waals surface area contributed by atoms with Gasteiger partial charge in [-0.05, 0) is 66.6 Å². The van der Waals surface area contributed by atoms with Crippen molar-refractivity contribution in [2.24, 2.45) is 0 Å². The van der Waals surface area contributed by atoms with Crippen LogP contribution in [0.4, 0.5) is 0 Å². The summed E-state index contributed by atoms with van der Waals surface area (Å²) >= 11 is 1.86. The molecule has 6 aromatic carbocycles. The number of allylic oxidation sites excluding steroid dienone is 4. The zero-order chi connectivity index (χ0) is 34.1. The molecule has 0 aliphatic carbocycles. The predicted molar refractivity (Wildman–Crippen MR) is 215 cm³/mol. The summed E-state index contributed by atoms with van der Waals surface area (Å²) in [5.41, 5.74) is 8.72. The highest BCUT2D eigenvalue weighted by atomic mass is 32.1. The summed E-state index contributed by atoms with van der Waals surface area (Å²) in [7, 11) is 0. The van der Waals surface area contributed by atoms with Crippen molar-refractivity contribution < 1.29 is 0 Å². The number of rotatable bonds is 5. The van der Waals surface area contributed by atoms with E-state index in [2.05, 4.69) is 113 Å². The molecule has 10 aromatic rings. The van der Waals surface area contributed by atoms with Gasteiger partial charge in [0.05, 0.1) is 16.6 Å². The molecular weight excluding hydrogens is 641 g/mol. The third-order valence-electron chi connectivity index (χ3n) is 9.88. The van der Waals surface area contributed by atoms with Gasteiger partial charge in [0.15, 0.2) is 17.5 Å². The van der Waals surface area contributed by atoms with Gasteiger partial charge < -0.3 is 4.40 Å². The summed E-state index contributed by atoms with van der Waals surface area (Å²) in [6, 6.07) is 45.0. The molecule has 238 valence electrons. The smallest absolute Gasteiger partial charge is 0.164 e. The Morgan fingerprint density at radius 2 is 1.25 bits per heavy atom. The molecule has 0 unspecified atom stereocenters. The van der Waals surface area contributed by atoms with Crippen LogP contribution in [0.15, 0.2) is 146 Å². The zero-order valence-electron chi connectivity index (χ0n) is 27.6. The minimum atomic E-state index is 0.626. The van der Waals surface area contributed by atoms with Gasteiger partial charge in [0.25, 0.3) is 0 Å². The molecule has 0 radical (unpaired) electrons. The first-order valence-electron chi connectivity index (χ1n) is 16.9. The second-order valence-electron chi connectivity index (χ2n) is 12.7. The number of terminal acetylenes is 1. The molecule has 0 bridgehead atoms. The van der Waals surface area contributed by atoms with Crippen LogP contribution in [-0.4, -0.2) is 19.4 Å². The highest BCUT2D eigenvalue weighted by molar-refractivity contribution is 7.26. The fourth-order valence-electron chi connectivity index (χ4n) is 7.53. The van der Waals surface area contributed by atoms with E-state index < -0.39 is 0 Å². The summed E-state index contributed by atoms with van der Waals surface area (Å²) in [4.78, 5) is 15.1. The maximum Gasteiger partial charge on any atom is 0.164 e. The van der Waals surface area contributed by atoms with Crippen LogP contribution < -0.4 is 0 Å². The predicted octanol–water partition coefficient (Wildman–Crippen LogP) is 12.0.